The molecule has 0 aliphatic heterocycles. The first-order valence-electron chi connectivity index (χ1n) is 8.89. The van der Waals surface area contributed by atoms with Crippen molar-refractivity contribution in [3.8, 4) is 11.5 Å². The number of halogens is 1. The van der Waals surface area contributed by atoms with Crippen molar-refractivity contribution in [1.29, 1.82) is 0 Å². The number of nitrogens with one attached hydrogen (secondary N) is 2. The van der Waals surface area contributed by atoms with Crippen molar-refractivity contribution in [1.82, 2.24) is 15.4 Å². The van der Waals surface area contributed by atoms with Gasteiger partial charge in [-0.15, -0.1) is 0 Å². The minimum atomic E-state index is -0.358. The van der Waals surface area contributed by atoms with Crippen LogP contribution in [0.5, 0.6) is 11.5 Å². The van der Waals surface area contributed by atoms with Crippen LogP contribution in [-0.4, -0.2) is 23.0 Å². The Hall–Kier alpha value is -3.32. The maximum atomic E-state index is 12.4. The summed E-state index contributed by atoms with van der Waals surface area (Å²) in [5, 5.41) is 0.627. The standard InChI is InChI=1S/C21H21ClN4O3/c1-13-10-14(2)24-21(23-13)26-25-20(27)15-8-9-18(19(11-15)28-3)29-12-16-6-4-5-7-17(16)22/h4-11H,12H2,1-3H3,(H,25,27)(H,23,24,26). The monoisotopic (exact) mass is 412 g/mol. The van der Waals surface area contributed by atoms with Gasteiger partial charge in [0, 0.05) is 27.5 Å². The molecule has 0 spiro atoms. The lowest BCUT2D eigenvalue weighted by atomic mass is 10.2. The summed E-state index contributed by atoms with van der Waals surface area (Å²) in [5.74, 6) is 0.910. The van der Waals surface area contributed by atoms with Crippen LogP contribution in [0.4, 0.5) is 5.95 Å². The Labute approximate surface area is 174 Å². The van der Waals surface area contributed by atoms with E-state index in [-0.39, 0.29) is 12.5 Å². The van der Waals surface area contributed by atoms with Gasteiger partial charge in [-0.05, 0) is 44.2 Å². The molecule has 0 radical (unpaired) electrons. The summed E-state index contributed by atoms with van der Waals surface area (Å²) in [4.78, 5) is 20.9. The van der Waals surface area contributed by atoms with E-state index in [9.17, 15) is 4.79 Å². The Morgan fingerprint density at radius 2 is 1.76 bits per heavy atom. The molecule has 0 atom stereocenters. The molecule has 2 aromatic carbocycles. The first kappa shape index (κ1) is 20.4. The van der Waals surface area contributed by atoms with E-state index in [1.807, 2.05) is 38.1 Å². The lowest BCUT2D eigenvalue weighted by Crippen LogP contribution is -2.30. The molecular formula is C21H21ClN4O3. The molecule has 8 heteroatoms. The minimum absolute atomic E-state index is 0.285. The Morgan fingerprint density at radius 3 is 2.45 bits per heavy atom. The van der Waals surface area contributed by atoms with Crippen LogP contribution < -0.4 is 20.3 Å². The Bertz CT molecular complexity index is 1010. The average Bonchev–Trinajstić information content (AvgIpc) is 2.70. The number of ether oxygens (including phenoxy) is 2. The van der Waals surface area contributed by atoms with Crippen LogP contribution in [0.25, 0.3) is 0 Å². The van der Waals surface area contributed by atoms with Crippen LogP contribution in [0, 0.1) is 13.8 Å². The number of aryl methyl sites for hydroxylation is 2. The number of nitrogens with zero attached hydrogens (tertiary/aromatic N) is 2. The van der Waals surface area contributed by atoms with E-state index in [1.54, 1.807) is 24.3 Å². The van der Waals surface area contributed by atoms with Gasteiger partial charge < -0.3 is 9.47 Å². The van der Waals surface area contributed by atoms with Crippen LogP contribution in [0.3, 0.4) is 0 Å². The highest BCUT2D eigenvalue weighted by atomic mass is 35.5. The molecule has 150 valence electrons. The highest BCUT2D eigenvalue weighted by Gasteiger charge is 2.12. The predicted molar refractivity (Wildman–Crippen MR) is 111 cm³/mol. The number of aromatic nitrogens is 2. The third kappa shape index (κ3) is 5.36. The van der Waals surface area contributed by atoms with E-state index >= 15 is 0 Å². The number of carbonyl (C=O) groups is 1. The lowest BCUT2D eigenvalue weighted by Gasteiger charge is -2.13. The van der Waals surface area contributed by atoms with Crippen molar-refractivity contribution in [2.75, 3.05) is 12.5 Å². The molecule has 7 nitrogen and oxygen atoms in total. The maximum absolute atomic E-state index is 12.4. The zero-order valence-corrected chi connectivity index (χ0v) is 17.1. The zero-order chi connectivity index (χ0) is 20.8. The number of anilines is 1. The molecule has 1 heterocycles. The second kappa shape index (κ2) is 9.25. The normalized spacial score (nSPS) is 10.3. The quantitative estimate of drug-likeness (QED) is 0.568. The van der Waals surface area contributed by atoms with Crippen molar-refractivity contribution >= 4 is 23.5 Å². The van der Waals surface area contributed by atoms with Gasteiger partial charge in [0.2, 0.25) is 5.95 Å². The number of methoxy groups -OCH3 is 1. The number of hydrogen-bond donors (Lipinski definition) is 2. The van der Waals surface area contributed by atoms with Gasteiger partial charge in [-0.3, -0.25) is 15.6 Å². The summed E-state index contributed by atoms with van der Waals surface area (Å²) in [6.45, 7) is 4.00. The van der Waals surface area contributed by atoms with E-state index in [1.165, 1.54) is 7.11 Å². The van der Waals surface area contributed by atoms with Crippen LogP contribution in [0.15, 0.2) is 48.5 Å². The topological polar surface area (TPSA) is 85.4 Å². The fraction of sp³-hybridized carbons (Fsp3) is 0.190. The Balaban J connectivity index is 1.67. The van der Waals surface area contributed by atoms with Gasteiger partial charge in [-0.2, -0.15) is 0 Å². The molecule has 2 N–H and O–H groups in total. The summed E-state index contributed by atoms with van der Waals surface area (Å²) >= 11 is 6.15. The van der Waals surface area contributed by atoms with Crippen molar-refractivity contribution in [2.24, 2.45) is 0 Å². The van der Waals surface area contributed by atoms with Gasteiger partial charge in [-0.25, -0.2) is 9.97 Å². The molecule has 0 aliphatic rings. The van der Waals surface area contributed by atoms with Crippen molar-refractivity contribution in [3.63, 3.8) is 0 Å². The van der Waals surface area contributed by atoms with Gasteiger partial charge in [-0.1, -0.05) is 29.8 Å². The molecule has 0 unspecified atom stereocenters. The SMILES string of the molecule is COc1cc(C(=O)NNc2nc(C)cc(C)n2)ccc1OCc1ccccc1Cl. The molecule has 0 saturated heterocycles. The van der Waals surface area contributed by atoms with Crippen LogP contribution in [-0.2, 0) is 6.61 Å². The molecule has 29 heavy (non-hydrogen) atoms. The number of amides is 1. The van der Waals surface area contributed by atoms with E-state index in [4.69, 9.17) is 21.1 Å². The van der Waals surface area contributed by atoms with E-state index in [0.717, 1.165) is 17.0 Å². The largest absolute Gasteiger partial charge is 0.493 e. The third-order valence-electron chi connectivity index (χ3n) is 4.04. The molecule has 0 aliphatic carbocycles. The van der Waals surface area contributed by atoms with Crippen LogP contribution in [0.2, 0.25) is 5.02 Å². The molecule has 3 rings (SSSR count). The van der Waals surface area contributed by atoms with Crippen LogP contribution >= 0.6 is 11.6 Å². The Morgan fingerprint density at radius 1 is 1.03 bits per heavy atom. The van der Waals surface area contributed by atoms with Gasteiger partial charge >= 0.3 is 0 Å². The number of carbonyl (C=O) groups excluding carboxylic acids is 1. The molecule has 0 fully saturated rings. The van der Waals surface area contributed by atoms with E-state index in [0.29, 0.717) is 28.0 Å². The predicted octanol–water partition coefficient (Wildman–Crippen LogP) is 4.09. The molecule has 3 aromatic rings. The smallest absolute Gasteiger partial charge is 0.269 e. The molecule has 0 saturated carbocycles. The molecule has 1 aromatic heterocycles. The molecule has 1 amide bonds. The van der Waals surface area contributed by atoms with E-state index in [2.05, 4.69) is 20.8 Å². The first-order valence-corrected chi connectivity index (χ1v) is 9.27. The van der Waals surface area contributed by atoms with Crippen molar-refractivity contribution in [2.45, 2.75) is 20.5 Å². The summed E-state index contributed by atoms with van der Waals surface area (Å²) in [6.07, 6.45) is 0. The molecule has 0 bridgehead atoms. The number of hydrazine groups is 1. The van der Waals surface area contributed by atoms with Gasteiger partial charge in [0.1, 0.15) is 6.61 Å². The first-order chi connectivity index (χ1) is 14.0. The van der Waals surface area contributed by atoms with Gasteiger partial charge in [0.25, 0.3) is 5.91 Å². The third-order valence-corrected chi connectivity index (χ3v) is 4.41. The summed E-state index contributed by atoms with van der Waals surface area (Å²) < 4.78 is 11.2. The number of hydrogen-bond acceptors (Lipinski definition) is 6. The average molecular weight is 413 g/mol. The number of rotatable bonds is 7. The highest BCUT2D eigenvalue weighted by Crippen LogP contribution is 2.29. The lowest BCUT2D eigenvalue weighted by molar-refractivity contribution is 0.0962. The van der Waals surface area contributed by atoms with E-state index < -0.39 is 0 Å². The van der Waals surface area contributed by atoms with Crippen LogP contribution in [0.1, 0.15) is 27.3 Å². The summed E-state index contributed by atoms with van der Waals surface area (Å²) in [6, 6.07) is 14.2. The maximum Gasteiger partial charge on any atom is 0.269 e. The highest BCUT2D eigenvalue weighted by molar-refractivity contribution is 6.31. The van der Waals surface area contributed by atoms with Crippen molar-refractivity contribution in [3.05, 3.63) is 76.1 Å². The Kier molecular flexibility index (Phi) is 6.51. The second-order valence-corrected chi connectivity index (χ2v) is 6.71. The van der Waals surface area contributed by atoms with Gasteiger partial charge in [0.05, 0.1) is 7.11 Å². The zero-order valence-electron chi connectivity index (χ0n) is 16.3. The number of benzene rings is 2. The second-order valence-electron chi connectivity index (χ2n) is 6.30. The van der Waals surface area contributed by atoms with Gasteiger partial charge in [0.15, 0.2) is 11.5 Å². The fourth-order valence-electron chi connectivity index (χ4n) is 2.67. The molecular weight excluding hydrogens is 392 g/mol. The fourth-order valence-corrected chi connectivity index (χ4v) is 2.86. The summed E-state index contributed by atoms with van der Waals surface area (Å²) in [7, 11) is 1.51. The van der Waals surface area contributed by atoms with Crippen molar-refractivity contribution < 1.29 is 14.3 Å². The summed E-state index contributed by atoms with van der Waals surface area (Å²) in [5.41, 5.74) is 8.15. The minimum Gasteiger partial charge on any atom is -0.493 e.